The van der Waals surface area contributed by atoms with Gasteiger partial charge in [-0.1, -0.05) is 55.8 Å². The minimum Gasteiger partial charge on any atom is -0.449 e. The summed E-state index contributed by atoms with van der Waals surface area (Å²) in [4.78, 5) is 40.6. The molecule has 47 heavy (non-hydrogen) atoms. The molecule has 0 aromatic heterocycles. The molecule has 1 saturated heterocycles. The van der Waals surface area contributed by atoms with E-state index in [1.165, 1.54) is 12.1 Å². The number of piperidine rings is 1. The van der Waals surface area contributed by atoms with E-state index >= 15 is 0 Å². The van der Waals surface area contributed by atoms with Crippen molar-refractivity contribution in [2.75, 3.05) is 11.9 Å². The molecule has 3 amide bonds. The van der Waals surface area contributed by atoms with Crippen LogP contribution < -0.4 is 10.6 Å². The van der Waals surface area contributed by atoms with Crippen LogP contribution in [-0.2, 0) is 25.8 Å². The highest BCUT2D eigenvalue weighted by atomic mass is 35.5. The number of hydrogen-bond acceptors (Lipinski definition) is 6. The van der Waals surface area contributed by atoms with E-state index in [4.69, 9.17) is 16.3 Å². The maximum atomic E-state index is 13.9. The third-order valence-corrected chi connectivity index (χ3v) is 11.9. The molecule has 1 spiro atoms. The standard InChI is InChI=1S/C33H31ClF3N3O6S/c1-17(2)16-46-32(43)39-24(10-18-6-4-3-5-7-18)31(42)40-26-14-28(33(26)15-27(33)40)47(44,45)25-11-19(8-9-21(25)34)30(41)38-20-12-22(35)29(37)23(36)13-20/h3-9,11-13,17,24,26-28H,10,14-16H2,1-2H3,(H,38,41)(H,39,43)/t24-,26?,27?,28?,33?/m0/s1. The summed E-state index contributed by atoms with van der Waals surface area (Å²) >= 11 is 6.31. The highest BCUT2D eigenvalue weighted by Crippen LogP contribution is 2.75. The predicted molar refractivity (Wildman–Crippen MR) is 166 cm³/mol. The molecule has 2 aliphatic carbocycles. The average Bonchev–Trinajstić information content (AvgIpc) is 3.75. The Morgan fingerprint density at radius 2 is 1.70 bits per heavy atom. The van der Waals surface area contributed by atoms with Crippen molar-refractivity contribution in [3.8, 4) is 0 Å². The van der Waals surface area contributed by atoms with E-state index in [0.29, 0.717) is 18.6 Å². The number of carbonyl (C=O) groups excluding carboxylic acids is 3. The Balaban J connectivity index is 1.17. The molecule has 9 nitrogen and oxygen atoms in total. The number of sulfone groups is 1. The predicted octanol–water partition coefficient (Wildman–Crippen LogP) is 5.52. The van der Waals surface area contributed by atoms with Gasteiger partial charge in [0.05, 0.1) is 21.8 Å². The SMILES string of the molecule is CC(C)COC(=O)N[C@@H](Cc1ccccc1)C(=O)N1C2CC(S(=O)(=O)c3cc(C(=O)Nc4cc(F)c(F)c(F)c4)ccc3Cl)C23CC13. The van der Waals surface area contributed by atoms with Crippen molar-refractivity contribution in [1.29, 1.82) is 0 Å². The van der Waals surface area contributed by atoms with E-state index < -0.39 is 56.0 Å². The van der Waals surface area contributed by atoms with Crippen LogP contribution in [0.4, 0.5) is 23.7 Å². The lowest BCUT2D eigenvalue weighted by Gasteiger charge is -2.59. The van der Waals surface area contributed by atoms with Crippen molar-refractivity contribution in [3.05, 3.63) is 94.3 Å². The number of anilines is 1. The summed E-state index contributed by atoms with van der Waals surface area (Å²) < 4.78 is 73.7. The Bertz CT molecular complexity index is 1860. The van der Waals surface area contributed by atoms with Crippen LogP contribution in [0.1, 0.15) is 42.6 Å². The largest absolute Gasteiger partial charge is 0.449 e. The number of benzene rings is 3. The molecule has 6 rings (SSSR count). The first-order valence-corrected chi connectivity index (χ1v) is 16.9. The van der Waals surface area contributed by atoms with E-state index in [9.17, 15) is 36.0 Å². The molecule has 4 unspecified atom stereocenters. The number of alkyl carbamates (subject to hydrolysis) is 1. The number of ether oxygens (including phenoxy) is 1. The second kappa shape index (κ2) is 12.2. The molecule has 1 aliphatic heterocycles. The molecule has 248 valence electrons. The van der Waals surface area contributed by atoms with E-state index in [1.54, 1.807) is 4.90 Å². The van der Waals surface area contributed by atoms with E-state index in [-0.39, 0.29) is 64.5 Å². The van der Waals surface area contributed by atoms with Crippen molar-refractivity contribution in [2.45, 2.75) is 61.4 Å². The summed E-state index contributed by atoms with van der Waals surface area (Å²) in [6.07, 6.45) is 0.116. The lowest BCUT2D eigenvalue weighted by atomic mass is 9.68. The summed E-state index contributed by atoms with van der Waals surface area (Å²) in [5.41, 5.74) is -0.336. The quantitative estimate of drug-likeness (QED) is 0.271. The first-order valence-electron chi connectivity index (χ1n) is 15.0. The Morgan fingerprint density at radius 3 is 2.34 bits per heavy atom. The molecule has 0 bridgehead atoms. The normalized spacial score (nSPS) is 23.0. The summed E-state index contributed by atoms with van der Waals surface area (Å²) in [5, 5.41) is 3.96. The fourth-order valence-electron chi connectivity index (χ4n) is 6.77. The van der Waals surface area contributed by atoms with Gasteiger partial charge in [-0.2, -0.15) is 0 Å². The smallest absolute Gasteiger partial charge is 0.407 e. The molecule has 1 heterocycles. The lowest BCUT2D eigenvalue weighted by Crippen LogP contribution is -2.74. The number of nitrogens with one attached hydrogen (secondary N) is 2. The maximum Gasteiger partial charge on any atom is 0.407 e. The monoisotopic (exact) mass is 689 g/mol. The number of likely N-dealkylation sites (tertiary alicyclic amines) is 1. The van der Waals surface area contributed by atoms with Gasteiger partial charge in [0.15, 0.2) is 27.3 Å². The third-order valence-electron chi connectivity index (χ3n) is 9.13. The average molecular weight is 690 g/mol. The Labute approximate surface area is 274 Å². The van der Waals surface area contributed by atoms with Crippen LogP contribution in [0.5, 0.6) is 0 Å². The first kappa shape index (κ1) is 32.8. The summed E-state index contributed by atoms with van der Waals surface area (Å²) in [7, 11) is -4.09. The van der Waals surface area contributed by atoms with Crippen LogP contribution >= 0.6 is 11.6 Å². The Hall–Kier alpha value is -4.10. The second-order valence-corrected chi connectivity index (χ2v) is 15.1. The van der Waals surface area contributed by atoms with Crippen LogP contribution in [0.25, 0.3) is 0 Å². The van der Waals surface area contributed by atoms with Gasteiger partial charge in [-0.25, -0.2) is 26.4 Å². The number of amides is 3. The molecular weight excluding hydrogens is 659 g/mol. The number of halogens is 4. The molecule has 5 atom stereocenters. The Kier molecular flexibility index (Phi) is 8.50. The topological polar surface area (TPSA) is 122 Å². The molecular formula is C33H31ClF3N3O6S. The number of hydrogen-bond donors (Lipinski definition) is 2. The van der Waals surface area contributed by atoms with Gasteiger partial charge in [-0.15, -0.1) is 0 Å². The summed E-state index contributed by atoms with van der Waals surface area (Å²) in [6.45, 7) is 3.97. The zero-order valence-electron chi connectivity index (χ0n) is 25.3. The van der Waals surface area contributed by atoms with Gasteiger partial charge >= 0.3 is 6.09 Å². The minimum absolute atomic E-state index is 0.105. The minimum atomic E-state index is -4.09. The fourth-order valence-corrected chi connectivity index (χ4v) is 9.57. The summed E-state index contributed by atoms with van der Waals surface area (Å²) in [5.74, 6) is -5.80. The van der Waals surface area contributed by atoms with Crippen LogP contribution in [0.2, 0.25) is 5.02 Å². The van der Waals surface area contributed by atoms with Gasteiger partial charge < -0.3 is 20.3 Å². The molecule has 0 radical (unpaired) electrons. The fraction of sp³-hybridized carbons (Fsp3) is 0.364. The molecule has 2 N–H and O–H groups in total. The molecule has 3 aliphatic rings. The Morgan fingerprint density at radius 1 is 1.02 bits per heavy atom. The molecule has 3 aromatic carbocycles. The number of nitrogens with zero attached hydrogens (tertiary/aromatic N) is 1. The van der Waals surface area contributed by atoms with Crippen molar-refractivity contribution in [3.63, 3.8) is 0 Å². The zero-order chi connectivity index (χ0) is 33.8. The van der Waals surface area contributed by atoms with Gasteiger partial charge in [0.1, 0.15) is 6.04 Å². The van der Waals surface area contributed by atoms with Gasteiger partial charge in [0.25, 0.3) is 5.91 Å². The maximum absolute atomic E-state index is 13.9. The van der Waals surface area contributed by atoms with Crippen LogP contribution in [0.15, 0.2) is 65.6 Å². The highest BCUT2D eigenvalue weighted by molar-refractivity contribution is 7.92. The van der Waals surface area contributed by atoms with E-state index in [0.717, 1.165) is 11.6 Å². The number of carbonyl (C=O) groups is 3. The van der Waals surface area contributed by atoms with E-state index in [2.05, 4.69) is 10.6 Å². The molecule has 2 saturated carbocycles. The molecule has 3 fully saturated rings. The van der Waals surface area contributed by atoms with Crippen LogP contribution in [0, 0.1) is 28.8 Å². The van der Waals surface area contributed by atoms with Crippen LogP contribution in [-0.4, -0.2) is 61.2 Å². The van der Waals surface area contributed by atoms with Crippen molar-refractivity contribution < 1.29 is 40.7 Å². The zero-order valence-corrected chi connectivity index (χ0v) is 26.9. The van der Waals surface area contributed by atoms with Gasteiger partial charge in [-0.3, -0.25) is 9.59 Å². The van der Waals surface area contributed by atoms with Gasteiger partial charge in [0.2, 0.25) is 5.91 Å². The van der Waals surface area contributed by atoms with E-state index in [1.807, 2.05) is 44.2 Å². The van der Waals surface area contributed by atoms with Gasteiger partial charge in [0, 0.05) is 47.3 Å². The van der Waals surface area contributed by atoms with Crippen molar-refractivity contribution in [2.24, 2.45) is 11.3 Å². The number of rotatable bonds is 10. The van der Waals surface area contributed by atoms with Crippen LogP contribution in [0.3, 0.4) is 0 Å². The lowest BCUT2D eigenvalue weighted by molar-refractivity contribution is -0.154. The van der Waals surface area contributed by atoms with Gasteiger partial charge in [-0.05, 0) is 42.5 Å². The third kappa shape index (κ3) is 5.84. The highest BCUT2D eigenvalue weighted by Gasteiger charge is 2.85. The van der Waals surface area contributed by atoms with Crippen molar-refractivity contribution >= 4 is 45.0 Å². The first-order chi connectivity index (χ1) is 22.2. The molecule has 14 heteroatoms. The summed E-state index contributed by atoms with van der Waals surface area (Å²) in [6, 6.07) is 12.4. The van der Waals surface area contributed by atoms with Crippen molar-refractivity contribution in [1.82, 2.24) is 10.2 Å². The molecule has 3 aromatic rings. The second-order valence-electron chi connectivity index (χ2n) is 12.6.